The maximum absolute atomic E-state index is 10.8. The fourth-order valence-electron chi connectivity index (χ4n) is 1.80. The molecular weight excluding hydrogens is 260 g/mol. The second-order valence-corrected chi connectivity index (χ2v) is 5.43. The minimum absolute atomic E-state index is 0.222. The summed E-state index contributed by atoms with van der Waals surface area (Å²) in [6.07, 6.45) is 6.98. The van der Waals surface area contributed by atoms with Crippen LogP contribution in [0.15, 0.2) is 18.2 Å². The van der Waals surface area contributed by atoms with Gasteiger partial charge in [-0.1, -0.05) is 12.8 Å². The summed E-state index contributed by atoms with van der Waals surface area (Å²) in [5.41, 5.74) is 7.34. The molecular formula is C14H22N2O2S. The summed E-state index contributed by atoms with van der Waals surface area (Å²) in [6.45, 7) is 0.871. The third kappa shape index (κ3) is 5.87. The summed E-state index contributed by atoms with van der Waals surface area (Å²) >= 11 is 1.89. The molecule has 0 fully saturated rings. The molecule has 4 nitrogen and oxygen atoms in total. The van der Waals surface area contributed by atoms with Gasteiger partial charge in [0.25, 0.3) is 0 Å². The monoisotopic (exact) mass is 282 g/mol. The normalized spacial score (nSPS) is 10.4. The second kappa shape index (κ2) is 8.69. The van der Waals surface area contributed by atoms with Crippen molar-refractivity contribution >= 4 is 29.1 Å². The molecule has 0 aliphatic rings. The lowest BCUT2D eigenvalue weighted by Crippen LogP contribution is -2.06. The van der Waals surface area contributed by atoms with E-state index < -0.39 is 5.97 Å². The number of carboxylic acid groups (broad SMARTS) is 1. The third-order valence-electron chi connectivity index (χ3n) is 2.89. The lowest BCUT2D eigenvalue weighted by Gasteiger charge is -2.09. The first-order valence-electron chi connectivity index (χ1n) is 6.50. The summed E-state index contributed by atoms with van der Waals surface area (Å²) < 4.78 is 0. The van der Waals surface area contributed by atoms with E-state index in [1.807, 2.05) is 11.8 Å². The molecule has 0 aromatic heterocycles. The average molecular weight is 282 g/mol. The highest BCUT2D eigenvalue weighted by Gasteiger charge is 2.05. The molecule has 0 saturated carbocycles. The molecule has 0 heterocycles. The van der Waals surface area contributed by atoms with Crippen molar-refractivity contribution in [3.05, 3.63) is 23.8 Å². The van der Waals surface area contributed by atoms with Gasteiger partial charge in [-0.3, -0.25) is 0 Å². The molecule has 4 N–H and O–H groups in total. The maximum atomic E-state index is 10.8. The highest BCUT2D eigenvalue weighted by molar-refractivity contribution is 7.98. The number of nitrogens with one attached hydrogen (secondary N) is 1. The van der Waals surface area contributed by atoms with Crippen molar-refractivity contribution in [1.29, 1.82) is 0 Å². The van der Waals surface area contributed by atoms with E-state index in [9.17, 15) is 4.79 Å². The Balaban J connectivity index is 2.28. The largest absolute Gasteiger partial charge is 0.478 e. The molecule has 106 valence electrons. The second-order valence-electron chi connectivity index (χ2n) is 4.44. The molecule has 19 heavy (non-hydrogen) atoms. The van der Waals surface area contributed by atoms with E-state index in [0.717, 1.165) is 18.7 Å². The minimum Gasteiger partial charge on any atom is -0.478 e. The van der Waals surface area contributed by atoms with Gasteiger partial charge >= 0.3 is 5.97 Å². The van der Waals surface area contributed by atoms with Crippen LogP contribution in [0, 0.1) is 0 Å². The Morgan fingerprint density at radius 1 is 1.32 bits per heavy atom. The van der Waals surface area contributed by atoms with Crippen LogP contribution in [0.5, 0.6) is 0 Å². The molecule has 0 aliphatic carbocycles. The van der Waals surface area contributed by atoms with Crippen LogP contribution in [0.4, 0.5) is 11.4 Å². The van der Waals surface area contributed by atoms with E-state index in [-0.39, 0.29) is 5.56 Å². The average Bonchev–Trinajstić information content (AvgIpc) is 2.39. The Hall–Kier alpha value is -1.36. The molecule has 0 unspecified atom stereocenters. The Labute approximate surface area is 118 Å². The van der Waals surface area contributed by atoms with Crippen LogP contribution in [0.1, 0.15) is 36.0 Å². The number of benzene rings is 1. The molecule has 1 rings (SSSR count). The summed E-state index contributed by atoms with van der Waals surface area (Å²) in [5, 5.41) is 12.1. The molecule has 0 amide bonds. The molecule has 0 radical (unpaired) electrons. The Bertz CT molecular complexity index is 410. The number of thioether (sulfide) groups is 1. The SMILES string of the molecule is CSCCCCCCNc1ccc(C(=O)O)cc1N. The number of anilines is 2. The number of rotatable bonds is 9. The fraction of sp³-hybridized carbons (Fsp3) is 0.500. The molecule has 1 aromatic rings. The first-order valence-corrected chi connectivity index (χ1v) is 7.90. The topological polar surface area (TPSA) is 75.3 Å². The van der Waals surface area contributed by atoms with Gasteiger partial charge in [0.15, 0.2) is 0 Å². The number of hydrogen-bond donors (Lipinski definition) is 3. The first-order chi connectivity index (χ1) is 9.15. The van der Waals surface area contributed by atoms with Crippen LogP contribution in [-0.4, -0.2) is 29.6 Å². The number of nitrogens with two attached hydrogens (primary N) is 1. The Morgan fingerprint density at radius 3 is 2.68 bits per heavy atom. The van der Waals surface area contributed by atoms with Gasteiger partial charge in [0.05, 0.1) is 16.9 Å². The lowest BCUT2D eigenvalue weighted by atomic mass is 10.1. The van der Waals surface area contributed by atoms with Gasteiger partial charge in [-0.2, -0.15) is 11.8 Å². The van der Waals surface area contributed by atoms with Crippen molar-refractivity contribution in [2.75, 3.05) is 29.6 Å². The number of carbonyl (C=O) groups is 1. The zero-order valence-electron chi connectivity index (χ0n) is 11.3. The molecule has 0 aliphatic heterocycles. The molecule has 5 heteroatoms. The van der Waals surface area contributed by atoms with Gasteiger partial charge in [0.1, 0.15) is 0 Å². The van der Waals surface area contributed by atoms with Crippen molar-refractivity contribution in [3.8, 4) is 0 Å². The zero-order valence-corrected chi connectivity index (χ0v) is 12.1. The number of nitrogen functional groups attached to an aromatic ring is 1. The van der Waals surface area contributed by atoms with E-state index in [1.165, 1.54) is 31.1 Å². The van der Waals surface area contributed by atoms with Crippen molar-refractivity contribution in [2.24, 2.45) is 0 Å². The summed E-state index contributed by atoms with van der Waals surface area (Å²) in [5.74, 6) is 0.281. The molecule has 0 bridgehead atoms. The highest BCUT2D eigenvalue weighted by Crippen LogP contribution is 2.20. The summed E-state index contributed by atoms with van der Waals surface area (Å²) in [4.78, 5) is 10.8. The third-order valence-corrected chi connectivity index (χ3v) is 3.59. The van der Waals surface area contributed by atoms with E-state index in [1.54, 1.807) is 12.1 Å². The van der Waals surface area contributed by atoms with Gasteiger partial charge in [-0.15, -0.1) is 0 Å². The number of unbranched alkanes of at least 4 members (excludes halogenated alkanes) is 3. The number of hydrogen-bond acceptors (Lipinski definition) is 4. The minimum atomic E-state index is -0.952. The molecule has 0 atom stereocenters. The molecule has 1 aromatic carbocycles. The maximum Gasteiger partial charge on any atom is 0.335 e. The van der Waals surface area contributed by atoms with E-state index in [4.69, 9.17) is 10.8 Å². The van der Waals surface area contributed by atoms with Crippen molar-refractivity contribution < 1.29 is 9.90 Å². The van der Waals surface area contributed by atoms with E-state index in [2.05, 4.69) is 11.6 Å². The van der Waals surface area contributed by atoms with Gasteiger partial charge in [0.2, 0.25) is 0 Å². The van der Waals surface area contributed by atoms with Crippen molar-refractivity contribution in [2.45, 2.75) is 25.7 Å². The number of aromatic carboxylic acids is 1. The van der Waals surface area contributed by atoms with Gasteiger partial charge in [-0.05, 0) is 43.0 Å². The van der Waals surface area contributed by atoms with Gasteiger partial charge < -0.3 is 16.2 Å². The van der Waals surface area contributed by atoms with Crippen molar-refractivity contribution in [1.82, 2.24) is 0 Å². The first kappa shape index (κ1) is 15.7. The molecule has 0 saturated heterocycles. The Morgan fingerprint density at radius 2 is 2.05 bits per heavy atom. The number of carboxylic acids is 1. The van der Waals surface area contributed by atoms with Crippen LogP contribution in [0.2, 0.25) is 0 Å². The van der Waals surface area contributed by atoms with E-state index in [0.29, 0.717) is 5.69 Å². The summed E-state index contributed by atoms with van der Waals surface area (Å²) in [6, 6.07) is 4.79. The zero-order chi connectivity index (χ0) is 14.1. The highest BCUT2D eigenvalue weighted by atomic mass is 32.2. The van der Waals surface area contributed by atoms with E-state index >= 15 is 0 Å². The lowest BCUT2D eigenvalue weighted by molar-refractivity contribution is 0.0697. The predicted octanol–water partition coefficient (Wildman–Crippen LogP) is 3.30. The van der Waals surface area contributed by atoms with Crippen LogP contribution >= 0.6 is 11.8 Å². The Kier molecular flexibility index (Phi) is 7.18. The van der Waals surface area contributed by atoms with Crippen LogP contribution in [0.25, 0.3) is 0 Å². The quantitative estimate of drug-likeness (QED) is 0.478. The van der Waals surface area contributed by atoms with Crippen molar-refractivity contribution in [3.63, 3.8) is 0 Å². The van der Waals surface area contributed by atoms with Gasteiger partial charge in [0, 0.05) is 6.54 Å². The van der Waals surface area contributed by atoms with Gasteiger partial charge in [-0.25, -0.2) is 4.79 Å². The standard InChI is InChI=1S/C14H22N2O2S/c1-19-9-5-3-2-4-8-16-13-7-6-11(14(17)18)10-12(13)15/h6-7,10,16H,2-5,8-9,15H2,1H3,(H,17,18). The van der Waals surface area contributed by atoms with Crippen LogP contribution < -0.4 is 11.1 Å². The van der Waals surface area contributed by atoms with Crippen LogP contribution in [-0.2, 0) is 0 Å². The smallest absolute Gasteiger partial charge is 0.335 e. The molecule has 0 spiro atoms. The predicted molar refractivity (Wildman–Crippen MR) is 83.2 cm³/mol. The fourth-order valence-corrected chi connectivity index (χ4v) is 2.30. The van der Waals surface area contributed by atoms with Crippen LogP contribution in [0.3, 0.4) is 0 Å². The summed E-state index contributed by atoms with van der Waals surface area (Å²) in [7, 11) is 0.